The van der Waals surface area contributed by atoms with Crippen LogP contribution in [0.1, 0.15) is 29.8 Å². The van der Waals surface area contributed by atoms with Crippen molar-refractivity contribution in [3.05, 3.63) is 35.4 Å². The van der Waals surface area contributed by atoms with Crippen LogP contribution in [0.5, 0.6) is 0 Å². The van der Waals surface area contributed by atoms with Crippen LogP contribution in [0, 0.1) is 0 Å². The molecule has 1 aliphatic heterocycles. The molecule has 0 aliphatic carbocycles. The smallest absolute Gasteiger partial charge is 0.253 e. The van der Waals surface area contributed by atoms with Gasteiger partial charge in [-0.1, -0.05) is 12.1 Å². The maximum atomic E-state index is 12.4. The lowest BCUT2D eigenvalue weighted by Gasteiger charge is -2.37. The number of hydrogen-bond acceptors (Lipinski definition) is 4. The van der Waals surface area contributed by atoms with Crippen LogP contribution in [0.2, 0.25) is 0 Å². The van der Waals surface area contributed by atoms with Gasteiger partial charge in [0.15, 0.2) is 0 Å². The molecule has 0 aromatic heterocycles. The van der Waals surface area contributed by atoms with Crippen molar-refractivity contribution in [2.45, 2.75) is 26.0 Å². The Morgan fingerprint density at radius 1 is 1.19 bits per heavy atom. The third kappa shape index (κ3) is 4.52. The van der Waals surface area contributed by atoms with Crippen LogP contribution in [0.15, 0.2) is 24.3 Å². The topological polar surface area (TPSA) is 69.8 Å². The van der Waals surface area contributed by atoms with Crippen LogP contribution < -0.4 is 5.73 Å². The molecule has 0 radical (unpaired) electrons. The highest BCUT2D eigenvalue weighted by molar-refractivity contribution is 5.94. The Labute approximate surface area is 126 Å². The zero-order valence-electron chi connectivity index (χ0n) is 12.9. The van der Waals surface area contributed by atoms with Crippen molar-refractivity contribution in [3.63, 3.8) is 0 Å². The largest absolute Gasteiger partial charge is 0.389 e. The van der Waals surface area contributed by atoms with E-state index in [1.54, 1.807) is 0 Å². The van der Waals surface area contributed by atoms with Crippen molar-refractivity contribution in [2.24, 2.45) is 5.73 Å². The van der Waals surface area contributed by atoms with E-state index in [4.69, 9.17) is 5.73 Å². The molecule has 5 nitrogen and oxygen atoms in total. The van der Waals surface area contributed by atoms with Gasteiger partial charge in [0.2, 0.25) is 0 Å². The van der Waals surface area contributed by atoms with Crippen LogP contribution in [-0.2, 0) is 6.54 Å². The lowest BCUT2D eigenvalue weighted by Crippen LogP contribution is -2.51. The fourth-order valence-electron chi connectivity index (χ4n) is 2.62. The lowest BCUT2D eigenvalue weighted by atomic mass is 10.1. The summed E-state index contributed by atoms with van der Waals surface area (Å²) in [7, 11) is 0. The minimum absolute atomic E-state index is 0.0708. The second kappa shape index (κ2) is 6.56. The van der Waals surface area contributed by atoms with Gasteiger partial charge < -0.3 is 15.7 Å². The normalized spacial score (nSPS) is 17.0. The molecule has 0 spiro atoms. The molecule has 0 bridgehead atoms. The second-order valence-electron chi connectivity index (χ2n) is 6.28. The number of hydrogen-bond donors (Lipinski definition) is 2. The van der Waals surface area contributed by atoms with E-state index in [-0.39, 0.29) is 5.91 Å². The van der Waals surface area contributed by atoms with Gasteiger partial charge in [0, 0.05) is 44.8 Å². The third-order valence-corrected chi connectivity index (χ3v) is 3.71. The number of benzene rings is 1. The van der Waals surface area contributed by atoms with E-state index >= 15 is 0 Å². The van der Waals surface area contributed by atoms with Crippen molar-refractivity contribution in [1.29, 1.82) is 0 Å². The Kier molecular flexibility index (Phi) is 4.98. The average Bonchev–Trinajstić information content (AvgIpc) is 2.46. The maximum absolute atomic E-state index is 12.4. The minimum Gasteiger partial charge on any atom is -0.389 e. The molecular formula is C16H25N3O2. The molecule has 116 valence electrons. The average molecular weight is 291 g/mol. The summed E-state index contributed by atoms with van der Waals surface area (Å²) < 4.78 is 0. The SMILES string of the molecule is CC(C)(O)CN1CCN(C(=O)c2ccc(CN)cc2)CC1. The Bertz CT molecular complexity index is 471. The number of nitrogens with zero attached hydrogens (tertiary/aromatic N) is 2. The van der Waals surface area contributed by atoms with Gasteiger partial charge in [0.05, 0.1) is 5.60 Å². The van der Waals surface area contributed by atoms with Gasteiger partial charge in [-0.2, -0.15) is 0 Å². The fraction of sp³-hybridized carbons (Fsp3) is 0.562. The highest BCUT2D eigenvalue weighted by atomic mass is 16.3. The van der Waals surface area contributed by atoms with Gasteiger partial charge in [0.1, 0.15) is 0 Å². The van der Waals surface area contributed by atoms with Crippen LogP contribution in [0.3, 0.4) is 0 Å². The summed E-state index contributed by atoms with van der Waals surface area (Å²) in [6.45, 7) is 7.76. The van der Waals surface area contributed by atoms with E-state index in [9.17, 15) is 9.90 Å². The third-order valence-electron chi connectivity index (χ3n) is 3.71. The van der Waals surface area contributed by atoms with E-state index in [0.717, 1.165) is 18.7 Å². The number of carbonyl (C=O) groups excluding carboxylic acids is 1. The van der Waals surface area contributed by atoms with E-state index < -0.39 is 5.60 Å². The van der Waals surface area contributed by atoms with E-state index in [2.05, 4.69) is 4.90 Å². The summed E-state index contributed by atoms with van der Waals surface area (Å²) in [5.41, 5.74) is 6.61. The van der Waals surface area contributed by atoms with Crippen LogP contribution in [0.4, 0.5) is 0 Å². The molecule has 1 aliphatic rings. The lowest BCUT2D eigenvalue weighted by molar-refractivity contribution is 0.0178. The number of piperazine rings is 1. The second-order valence-corrected chi connectivity index (χ2v) is 6.28. The Morgan fingerprint density at radius 2 is 1.76 bits per heavy atom. The number of nitrogens with two attached hydrogens (primary N) is 1. The Balaban J connectivity index is 1.90. The highest BCUT2D eigenvalue weighted by Crippen LogP contribution is 2.12. The van der Waals surface area contributed by atoms with Crippen molar-refractivity contribution < 1.29 is 9.90 Å². The van der Waals surface area contributed by atoms with Crippen molar-refractivity contribution in [3.8, 4) is 0 Å². The molecule has 1 amide bonds. The predicted octanol–water partition coefficient (Wildman–Crippen LogP) is 0.674. The van der Waals surface area contributed by atoms with Gasteiger partial charge >= 0.3 is 0 Å². The number of carbonyl (C=O) groups is 1. The molecule has 2 rings (SSSR count). The summed E-state index contributed by atoms with van der Waals surface area (Å²) >= 11 is 0. The first-order valence-electron chi connectivity index (χ1n) is 7.42. The molecule has 0 unspecified atom stereocenters. The summed E-state index contributed by atoms with van der Waals surface area (Å²) in [6.07, 6.45) is 0. The van der Waals surface area contributed by atoms with Gasteiger partial charge in [-0.15, -0.1) is 0 Å². The molecule has 1 fully saturated rings. The van der Waals surface area contributed by atoms with Crippen molar-refractivity contribution in [2.75, 3.05) is 32.7 Å². The zero-order valence-corrected chi connectivity index (χ0v) is 12.9. The highest BCUT2D eigenvalue weighted by Gasteiger charge is 2.25. The van der Waals surface area contributed by atoms with Gasteiger partial charge in [0.25, 0.3) is 5.91 Å². The van der Waals surface area contributed by atoms with Gasteiger partial charge in [-0.25, -0.2) is 0 Å². The number of amides is 1. The molecule has 21 heavy (non-hydrogen) atoms. The number of rotatable bonds is 4. The van der Waals surface area contributed by atoms with Crippen molar-refractivity contribution >= 4 is 5.91 Å². The van der Waals surface area contributed by atoms with E-state index in [0.29, 0.717) is 31.7 Å². The quantitative estimate of drug-likeness (QED) is 0.855. The maximum Gasteiger partial charge on any atom is 0.253 e. The van der Waals surface area contributed by atoms with E-state index in [1.165, 1.54) is 0 Å². The molecular weight excluding hydrogens is 266 g/mol. The standard InChI is InChI=1S/C16H25N3O2/c1-16(2,21)12-18-7-9-19(10-8-18)15(20)14-5-3-13(11-17)4-6-14/h3-6,21H,7-12,17H2,1-2H3. The van der Waals surface area contributed by atoms with Gasteiger partial charge in [-0.3, -0.25) is 9.69 Å². The van der Waals surface area contributed by atoms with E-state index in [1.807, 2.05) is 43.0 Å². The zero-order chi connectivity index (χ0) is 15.5. The summed E-state index contributed by atoms with van der Waals surface area (Å²) in [5, 5.41) is 9.84. The summed E-state index contributed by atoms with van der Waals surface area (Å²) in [5.74, 6) is 0.0708. The molecule has 0 saturated carbocycles. The first-order chi connectivity index (χ1) is 9.89. The molecule has 5 heteroatoms. The minimum atomic E-state index is -0.690. The number of aliphatic hydroxyl groups is 1. The predicted molar refractivity (Wildman–Crippen MR) is 83.0 cm³/mol. The molecule has 1 aromatic rings. The number of β-amino-alcohol motifs (C(OH)–C–C–N with tert-alkyl or cyclic N) is 1. The summed E-state index contributed by atoms with van der Waals surface area (Å²) in [4.78, 5) is 16.5. The first kappa shape index (κ1) is 15.9. The Morgan fingerprint density at radius 3 is 2.24 bits per heavy atom. The van der Waals surface area contributed by atoms with Gasteiger partial charge in [-0.05, 0) is 31.5 Å². The molecule has 0 atom stereocenters. The molecule has 1 saturated heterocycles. The molecule has 1 aromatic carbocycles. The Hall–Kier alpha value is -1.43. The molecule has 1 heterocycles. The monoisotopic (exact) mass is 291 g/mol. The molecule has 3 N–H and O–H groups in total. The van der Waals surface area contributed by atoms with Crippen molar-refractivity contribution in [1.82, 2.24) is 9.80 Å². The fourth-order valence-corrected chi connectivity index (χ4v) is 2.62. The van der Waals surface area contributed by atoms with Crippen LogP contribution >= 0.6 is 0 Å². The first-order valence-corrected chi connectivity index (χ1v) is 7.42. The van der Waals surface area contributed by atoms with Crippen LogP contribution in [0.25, 0.3) is 0 Å². The summed E-state index contributed by atoms with van der Waals surface area (Å²) in [6, 6.07) is 7.48. The van der Waals surface area contributed by atoms with Crippen LogP contribution in [-0.4, -0.2) is 59.1 Å².